The zero-order valence-electron chi connectivity index (χ0n) is 18.4. The molecule has 3 heterocycles. The topological polar surface area (TPSA) is 71.5 Å². The second-order valence-corrected chi connectivity index (χ2v) is 8.12. The van der Waals surface area contributed by atoms with Crippen molar-refractivity contribution in [1.82, 2.24) is 19.9 Å². The summed E-state index contributed by atoms with van der Waals surface area (Å²) < 4.78 is 6.08. The fourth-order valence-corrected chi connectivity index (χ4v) is 3.60. The lowest BCUT2D eigenvalue weighted by Crippen LogP contribution is -2.56. The highest BCUT2D eigenvalue weighted by atomic mass is 16.5. The van der Waals surface area contributed by atoms with Crippen LogP contribution in [0.2, 0.25) is 0 Å². The Bertz CT molecular complexity index is 1040. The Morgan fingerprint density at radius 1 is 0.875 bits per heavy atom. The molecule has 3 aromatic rings. The van der Waals surface area contributed by atoms with Crippen LogP contribution in [0.3, 0.4) is 0 Å². The number of benzene rings is 1. The molecule has 2 aromatic heterocycles. The van der Waals surface area contributed by atoms with Gasteiger partial charge in [0, 0.05) is 51.0 Å². The van der Waals surface area contributed by atoms with Gasteiger partial charge in [-0.25, -0.2) is 9.97 Å². The van der Waals surface area contributed by atoms with Gasteiger partial charge in [0.05, 0.1) is 0 Å². The molecule has 0 N–H and O–H groups in total. The number of amides is 1. The van der Waals surface area contributed by atoms with E-state index < -0.39 is 5.60 Å². The van der Waals surface area contributed by atoms with E-state index in [1.807, 2.05) is 67.3 Å². The Labute approximate surface area is 188 Å². The summed E-state index contributed by atoms with van der Waals surface area (Å²) in [6.45, 7) is 6.26. The van der Waals surface area contributed by atoms with Gasteiger partial charge in [0.1, 0.15) is 5.75 Å². The third kappa shape index (κ3) is 5.29. The molecule has 0 atom stereocenters. The van der Waals surface area contributed by atoms with Crippen LogP contribution in [0.5, 0.6) is 5.75 Å². The van der Waals surface area contributed by atoms with Crippen LogP contribution in [-0.4, -0.2) is 57.5 Å². The number of pyridine rings is 1. The van der Waals surface area contributed by atoms with Crippen LogP contribution in [0.15, 0.2) is 67.3 Å². The lowest BCUT2D eigenvalue weighted by molar-refractivity contribution is -0.145. The van der Waals surface area contributed by atoms with E-state index in [-0.39, 0.29) is 5.91 Å². The zero-order chi connectivity index (χ0) is 22.4. The molecular weight excluding hydrogens is 402 g/mol. The van der Waals surface area contributed by atoms with Crippen LogP contribution < -0.4 is 9.64 Å². The molecule has 1 saturated heterocycles. The van der Waals surface area contributed by atoms with Crippen LogP contribution in [0.4, 0.5) is 5.95 Å². The number of nitrogens with zero attached hydrogens (tertiary/aromatic N) is 5. The average molecular weight is 430 g/mol. The molecule has 0 unspecified atom stereocenters. The van der Waals surface area contributed by atoms with Crippen molar-refractivity contribution in [3.63, 3.8) is 0 Å². The van der Waals surface area contributed by atoms with Gasteiger partial charge >= 0.3 is 0 Å². The highest BCUT2D eigenvalue weighted by molar-refractivity contribution is 5.85. The maximum absolute atomic E-state index is 13.1. The smallest absolute Gasteiger partial charge is 0.266 e. The Morgan fingerprint density at radius 3 is 2.09 bits per heavy atom. The molecule has 0 aliphatic carbocycles. The third-order valence-corrected chi connectivity index (χ3v) is 5.34. The van der Waals surface area contributed by atoms with E-state index in [4.69, 9.17) is 4.74 Å². The second kappa shape index (κ2) is 9.60. The van der Waals surface area contributed by atoms with Crippen LogP contribution in [0, 0.1) is 0 Å². The van der Waals surface area contributed by atoms with Crippen LogP contribution in [0.25, 0.3) is 12.2 Å². The minimum Gasteiger partial charge on any atom is -0.478 e. The molecule has 7 heteroatoms. The monoisotopic (exact) mass is 429 g/mol. The lowest BCUT2D eigenvalue weighted by Gasteiger charge is -2.38. The summed E-state index contributed by atoms with van der Waals surface area (Å²) in [5, 5.41) is 0. The number of hydrogen-bond acceptors (Lipinski definition) is 6. The van der Waals surface area contributed by atoms with Gasteiger partial charge in [0.25, 0.3) is 5.91 Å². The number of rotatable bonds is 6. The van der Waals surface area contributed by atoms with Gasteiger partial charge in [-0.2, -0.15) is 0 Å². The number of carbonyl (C=O) groups excluding carboxylic acids is 1. The first-order valence-electron chi connectivity index (χ1n) is 10.7. The van der Waals surface area contributed by atoms with Crippen molar-refractivity contribution in [2.24, 2.45) is 0 Å². The number of carbonyl (C=O) groups is 1. The van der Waals surface area contributed by atoms with Crippen LogP contribution in [-0.2, 0) is 4.79 Å². The molecule has 1 aromatic carbocycles. The molecule has 164 valence electrons. The molecule has 1 fully saturated rings. The van der Waals surface area contributed by atoms with E-state index >= 15 is 0 Å². The quantitative estimate of drug-likeness (QED) is 0.597. The van der Waals surface area contributed by atoms with Crippen molar-refractivity contribution in [2.45, 2.75) is 19.4 Å². The lowest BCUT2D eigenvalue weighted by atomic mass is 10.1. The Morgan fingerprint density at radius 2 is 1.47 bits per heavy atom. The summed E-state index contributed by atoms with van der Waals surface area (Å²) in [7, 11) is 0. The standard InChI is InChI=1S/C25H27N5O2/c1-25(2,23(31)29-16-18-30(19-17-29)24-27-12-3-13-28-24)32-22-8-6-20(7-9-22)4-5-21-10-14-26-15-11-21/h3-15H,16-19H2,1-2H3/b5-4+. The molecule has 0 saturated carbocycles. The molecule has 0 bridgehead atoms. The molecule has 7 nitrogen and oxygen atoms in total. The fourth-order valence-electron chi connectivity index (χ4n) is 3.60. The van der Waals surface area contributed by atoms with Crippen LogP contribution >= 0.6 is 0 Å². The van der Waals surface area contributed by atoms with Gasteiger partial charge in [-0.15, -0.1) is 0 Å². The molecule has 1 amide bonds. The Balaban J connectivity index is 1.33. The van der Waals surface area contributed by atoms with E-state index in [2.05, 4.69) is 19.9 Å². The minimum absolute atomic E-state index is 0.0206. The van der Waals surface area contributed by atoms with E-state index in [1.54, 1.807) is 30.9 Å². The van der Waals surface area contributed by atoms with Crippen LogP contribution in [0.1, 0.15) is 25.0 Å². The summed E-state index contributed by atoms with van der Waals surface area (Å²) in [6.07, 6.45) is 11.1. The molecule has 32 heavy (non-hydrogen) atoms. The van der Waals surface area contributed by atoms with E-state index in [9.17, 15) is 4.79 Å². The largest absolute Gasteiger partial charge is 0.478 e. The first-order valence-corrected chi connectivity index (χ1v) is 10.7. The van der Waals surface area contributed by atoms with E-state index in [0.717, 1.165) is 11.1 Å². The van der Waals surface area contributed by atoms with Crippen molar-refractivity contribution in [2.75, 3.05) is 31.1 Å². The van der Waals surface area contributed by atoms with Crippen molar-refractivity contribution in [3.8, 4) is 5.75 Å². The second-order valence-electron chi connectivity index (χ2n) is 8.12. The molecule has 0 radical (unpaired) electrons. The maximum Gasteiger partial charge on any atom is 0.266 e. The predicted octanol–water partition coefficient (Wildman–Crippen LogP) is 3.55. The highest BCUT2D eigenvalue weighted by Gasteiger charge is 2.36. The molecule has 0 spiro atoms. The van der Waals surface area contributed by atoms with Gasteiger partial charge in [0.15, 0.2) is 5.60 Å². The normalized spacial score (nSPS) is 14.6. The minimum atomic E-state index is -0.959. The molecule has 1 aliphatic heterocycles. The van der Waals surface area contributed by atoms with Gasteiger partial charge < -0.3 is 14.5 Å². The van der Waals surface area contributed by atoms with Gasteiger partial charge in [-0.05, 0) is 55.3 Å². The number of anilines is 1. The summed E-state index contributed by atoms with van der Waals surface area (Å²) in [5.41, 5.74) is 1.18. The van der Waals surface area contributed by atoms with E-state index in [1.165, 1.54) is 0 Å². The van der Waals surface area contributed by atoms with Crippen molar-refractivity contribution in [3.05, 3.63) is 78.4 Å². The Kier molecular flexibility index (Phi) is 6.44. The summed E-state index contributed by atoms with van der Waals surface area (Å²) in [4.78, 5) is 29.7. The first-order chi connectivity index (χ1) is 15.5. The van der Waals surface area contributed by atoms with Gasteiger partial charge in [-0.1, -0.05) is 24.3 Å². The number of hydrogen-bond donors (Lipinski definition) is 0. The predicted molar refractivity (Wildman–Crippen MR) is 125 cm³/mol. The van der Waals surface area contributed by atoms with Crippen molar-refractivity contribution >= 4 is 24.0 Å². The first kappa shape index (κ1) is 21.5. The highest BCUT2D eigenvalue weighted by Crippen LogP contribution is 2.23. The Hall–Kier alpha value is -3.74. The fraction of sp³-hybridized carbons (Fsp3) is 0.280. The van der Waals surface area contributed by atoms with Crippen molar-refractivity contribution in [1.29, 1.82) is 0 Å². The zero-order valence-corrected chi connectivity index (χ0v) is 18.4. The summed E-state index contributed by atoms with van der Waals surface area (Å²) in [6, 6.07) is 13.5. The summed E-state index contributed by atoms with van der Waals surface area (Å²) in [5.74, 6) is 1.35. The number of ether oxygens (including phenoxy) is 1. The van der Waals surface area contributed by atoms with Gasteiger partial charge in [-0.3, -0.25) is 9.78 Å². The molecular formula is C25H27N5O2. The average Bonchev–Trinajstić information content (AvgIpc) is 2.84. The third-order valence-electron chi connectivity index (χ3n) is 5.34. The SMILES string of the molecule is CC(C)(Oc1ccc(/C=C/c2ccncc2)cc1)C(=O)N1CCN(c2ncccn2)CC1. The van der Waals surface area contributed by atoms with E-state index in [0.29, 0.717) is 37.9 Å². The maximum atomic E-state index is 13.1. The number of aromatic nitrogens is 3. The molecule has 4 rings (SSSR count). The van der Waals surface area contributed by atoms with Crippen molar-refractivity contribution < 1.29 is 9.53 Å². The molecule has 1 aliphatic rings. The summed E-state index contributed by atoms with van der Waals surface area (Å²) >= 11 is 0. The number of piperazine rings is 1. The van der Waals surface area contributed by atoms with Gasteiger partial charge in [0.2, 0.25) is 5.95 Å².